The molecule has 2 N–H and O–H groups in total. The predicted octanol–water partition coefficient (Wildman–Crippen LogP) is 4.07. The van der Waals surface area contributed by atoms with Crippen LogP contribution in [0.5, 0.6) is 0 Å². The molecule has 1 heterocycles. The second-order valence-corrected chi connectivity index (χ2v) is 5.45. The number of benzene rings is 1. The van der Waals surface area contributed by atoms with E-state index in [9.17, 15) is 9.59 Å². The quantitative estimate of drug-likeness (QED) is 0.895. The highest BCUT2D eigenvalue weighted by molar-refractivity contribution is 6.34. The Hall–Kier alpha value is -2.27. The predicted molar refractivity (Wildman–Crippen MR) is 86.6 cm³/mol. The summed E-state index contributed by atoms with van der Waals surface area (Å²) in [5.74, 6) is 0.837. The van der Waals surface area contributed by atoms with Gasteiger partial charge in [-0.15, -0.1) is 0 Å². The fourth-order valence-electron chi connectivity index (χ4n) is 2.20. The molecular formula is C16H17ClN2O3. The van der Waals surface area contributed by atoms with E-state index in [0.717, 1.165) is 11.3 Å². The highest BCUT2D eigenvalue weighted by Gasteiger charge is 2.18. The number of nitrogens with one attached hydrogen (secondary N) is 2. The van der Waals surface area contributed by atoms with Gasteiger partial charge in [-0.25, -0.2) is 0 Å². The van der Waals surface area contributed by atoms with Crippen molar-refractivity contribution in [3.63, 3.8) is 0 Å². The Morgan fingerprint density at radius 3 is 2.27 bits per heavy atom. The van der Waals surface area contributed by atoms with E-state index in [4.69, 9.17) is 16.0 Å². The largest absolute Gasteiger partial charge is 0.466 e. The van der Waals surface area contributed by atoms with Gasteiger partial charge in [-0.2, -0.15) is 0 Å². The smallest absolute Gasteiger partial charge is 0.259 e. The van der Waals surface area contributed by atoms with E-state index in [-0.39, 0.29) is 11.8 Å². The number of carbonyl (C=O) groups excluding carboxylic acids is 2. The number of halogens is 1. The van der Waals surface area contributed by atoms with E-state index in [1.165, 1.54) is 6.92 Å². The minimum absolute atomic E-state index is 0.209. The molecule has 0 bridgehead atoms. The van der Waals surface area contributed by atoms with Gasteiger partial charge in [0.25, 0.3) is 5.91 Å². The standard InChI is InChI=1S/C16H17ClN2O3/c1-8-9(2)22-10(3)15(8)16(21)19-12-5-6-14(13(17)7-12)18-11(4)20/h5-7H,1-4H3,(H,18,20)(H,19,21). The van der Waals surface area contributed by atoms with Crippen molar-refractivity contribution in [3.05, 3.63) is 45.9 Å². The highest BCUT2D eigenvalue weighted by Crippen LogP contribution is 2.27. The normalized spacial score (nSPS) is 10.4. The first-order valence-corrected chi connectivity index (χ1v) is 7.12. The molecule has 0 unspecified atom stereocenters. The van der Waals surface area contributed by atoms with Crippen LogP contribution in [0, 0.1) is 20.8 Å². The van der Waals surface area contributed by atoms with Gasteiger partial charge in [-0.3, -0.25) is 9.59 Å². The zero-order valence-electron chi connectivity index (χ0n) is 12.8. The average Bonchev–Trinajstić information content (AvgIpc) is 2.66. The van der Waals surface area contributed by atoms with Gasteiger partial charge in [0.15, 0.2) is 0 Å². The summed E-state index contributed by atoms with van der Waals surface area (Å²) in [7, 11) is 0. The molecule has 0 aliphatic heterocycles. The number of anilines is 2. The number of carbonyl (C=O) groups is 2. The summed E-state index contributed by atoms with van der Waals surface area (Å²) >= 11 is 6.09. The molecular weight excluding hydrogens is 304 g/mol. The molecule has 22 heavy (non-hydrogen) atoms. The van der Waals surface area contributed by atoms with Crippen molar-refractivity contribution >= 4 is 34.8 Å². The summed E-state index contributed by atoms with van der Waals surface area (Å²) in [5.41, 5.74) is 2.39. The number of rotatable bonds is 3. The summed E-state index contributed by atoms with van der Waals surface area (Å²) < 4.78 is 5.46. The van der Waals surface area contributed by atoms with E-state index < -0.39 is 0 Å². The van der Waals surface area contributed by atoms with Crippen LogP contribution < -0.4 is 10.6 Å². The van der Waals surface area contributed by atoms with Crippen LogP contribution >= 0.6 is 11.6 Å². The second kappa shape index (κ2) is 6.23. The maximum Gasteiger partial charge on any atom is 0.259 e. The average molecular weight is 321 g/mol. The lowest BCUT2D eigenvalue weighted by atomic mass is 10.1. The van der Waals surface area contributed by atoms with Crippen LogP contribution in [0.15, 0.2) is 22.6 Å². The van der Waals surface area contributed by atoms with Gasteiger partial charge in [0, 0.05) is 18.2 Å². The highest BCUT2D eigenvalue weighted by atomic mass is 35.5. The van der Waals surface area contributed by atoms with Crippen molar-refractivity contribution in [1.29, 1.82) is 0 Å². The minimum atomic E-state index is -0.254. The lowest BCUT2D eigenvalue weighted by Gasteiger charge is -2.09. The van der Waals surface area contributed by atoms with Gasteiger partial charge in [0.1, 0.15) is 11.5 Å². The molecule has 0 atom stereocenters. The maximum absolute atomic E-state index is 12.4. The van der Waals surface area contributed by atoms with Gasteiger partial charge in [-0.1, -0.05) is 11.6 Å². The summed E-state index contributed by atoms with van der Waals surface area (Å²) in [6, 6.07) is 4.90. The van der Waals surface area contributed by atoms with Gasteiger partial charge in [0.05, 0.1) is 16.3 Å². The van der Waals surface area contributed by atoms with E-state index in [0.29, 0.717) is 27.7 Å². The van der Waals surface area contributed by atoms with Gasteiger partial charge >= 0.3 is 0 Å². The van der Waals surface area contributed by atoms with E-state index in [2.05, 4.69) is 10.6 Å². The lowest BCUT2D eigenvalue weighted by molar-refractivity contribution is -0.114. The van der Waals surface area contributed by atoms with Crippen LogP contribution in [0.2, 0.25) is 5.02 Å². The molecule has 6 heteroatoms. The lowest BCUT2D eigenvalue weighted by Crippen LogP contribution is -2.14. The van der Waals surface area contributed by atoms with Crippen molar-refractivity contribution in [1.82, 2.24) is 0 Å². The summed E-state index contributed by atoms with van der Waals surface area (Å²) in [6.45, 7) is 6.81. The monoisotopic (exact) mass is 320 g/mol. The Morgan fingerprint density at radius 1 is 1.09 bits per heavy atom. The number of hydrogen-bond acceptors (Lipinski definition) is 3. The van der Waals surface area contributed by atoms with Crippen molar-refractivity contribution in [2.24, 2.45) is 0 Å². The molecule has 0 spiro atoms. The van der Waals surface area contributed by atoms with Crippen LogP contribution in [-0.4, -0.2) is 11.8 Å². The molecule has 2 amide bonds. The van der Waals surface area contributed by atoms with E-state index in [1.54, 1.807) is 25.1 Å². The van der Waals surface area contributed by atoms with Crippen LogP contribution in [0.25, 0.3) is 0 Å². The minimum Gasteiger partial charge on any atom is -0.466 e. The zero-order valence-corrected chi connectivity index (χ0v) is 13.6. The number of furan rings is 1. The van der Waals surface area contributed by atoms with Gasteiger partial charge < -0.3 is 15.1 Å². The summed E-state index contributed by atoms with van der Waals surface area (Å²) in [4.78, 5) is 23.4. The van der Waals surface area contributed by atoms with E-state index in [1.807, 2.05) is 13.8 Å². The van der Waals surface area contributed by atoms with Crippen molar-refractivity contribution in [2.75, 3.05) is 10.6 Å². The second-order valence-electron chi connectivity index (χ2n) is 5.04. The fraction of sp³-hybridized carbons (Fsp3) is 0.250. The van der Waals surface area contributed by atoms with Crippen LogP contribution in [0.3, 0.4) is 0 Å². The van der Waals surface area contributed by atoms with Crippen LogP contribution in [0.1, 0.15) is 34.4 Å². The topological polar surface area (TPSA) is 71.3 Å². The van der Waals surface area contributed by atoms with Crippen molar-refractivity contribution < 1.29 is 14.0 Å². The fourth-order valence-corrected chi connectivity index (χ4v) is 2.43. The van der Waals surface area contributed by atoms with Crippen LogP contribution in [0.4, 0.5) is 11.4 Å². The van der Waals surface area contributed by atoms with Crippen molar-refractivity contribution in [2.45, 2.75) is 27.7 Å². The third kappa shape index (κ3) is 3.31. The SMILES string of the molecule is CC(=O)Nc1ccc(NC(=O)c2c(C)oc(C)c2C)cc1Cl. The third-order valence-corrected chi connectivity index (χ3v) is 3.64. The summed E-state index contributed by atoms with van der Waals surface area (Å²) in [6.07, 6.45) is 0. The number of aryl methyl sites for hydroxylation is 2. The Kier molecular flexibility index (Phi) is 4.56. The maximum atomic E-state index is 12.4. The molecule has 0 fully saturated rings. The Morgan fingerprint density at radius 2 is 1.77 bits per heavy atom. The molecule has 0 aliphatic rings. The zero-order chi connectivity index (χ0) is 16.4. The first-order valence-electron chi connectivity index (χ1n) is 6.74. The Bertz CT molecular complexity index is 750. The molecule has 0 radical (unpaired) electrons. The molecule has 0 saturated heterocycles. The van der Waals surface area contributed by atoms with Crippen LogP contribution in [-0.2, 0) is 4.79 Å². The van der Waals surface area contributed by atoms with Gasteiger partial charge in [0.2, 0.25) is 5.91 Å². The third-order valence-electron chi connectivity index (χ3n) is 3.33. The molecule has 5 nitrogen and oxygen atoms in total. The molecule has 2 aromatic rings. The summed E-state index contributed by atoms with van der Waals surface area (Å²) in [5, 5.41) is 5.74. The van der Waals surface area contributed by atoms with Gasteiger partial charge in [-0.05, 0) is 39.0 Å². The first kappa shape index (κ1) is 16.1. The number of amides is 2. The molecule has 2 rings (SSSR count). The molecule has 1 aromatic heterocycles. The van der Waals surface area contributed by atoms with E-state index >= 15 is 0 Å². The van der Waals surface area contributed by atoms with Crippen molar-refractivity contribution in [3.8, 4) is 0 Å². The molecule has 0 aliphatic carbocycles. The number of hydrogen-bond donors (Lipinski definition) is 2. The Labute approximate surface area is 133 Å². The molecule has 116 valence electrons. The Balaban J connectivity index is 2.22. The first-order chi connectivity index (χ1) is 10.3. The molecule has 1 aromatic carbocycles. The molecule has 0 saturated carbocycles.